The Balaban J connectivity index is 2.11. The second kappa shape index (κ2) is 6.66. The molecule has 1 unspecified atom stereocenters. The molecule has 0 saturated heterocycles. The van der Waals surface area contributed by atoms with Crippen LogP contribution >= 0.6 is 23.4 Å². The predicted octanol–water partition coefficient (Wildman–Crippen LogP) is 3.98. The van der Waals surface area contributed by atoms with Crippen molar-refractivity contribution < 1.29 is 4.42 Å². The van der Waals surface area contributed by atoms with Crippen LogP contribution in [0.15, 0.2) is 28.7 Å². The van der Waals surface area contributed by atoms with Crippen molar-refractivity contribution in [2.45, 2.75) is 19.9 Å². The third-order valence-electron chi connectivity index (χ3n) is 2.78. The van der Waals surface area contributed by atoms with Crippen molar-refractivity contribution in [1.82, 2.24) is 5.43 Å². The largest absolute Gasteiger partial charge is 0.459 e. The fourth-order valence-electron chi connectivity index (χ4n) is 1.84. The highest BCUT2D eigenvalue weighted by Gasteiger charge is 2.15. The van der Waals surface area contributed by atoms with Crippen molar-refractivity contribution in [3.63, 3.8) is 0 Å². The molecule has 3 nitrogen and oxygen atoms in total. The summed E-state index contributed by atoms with van der Waals surface area (Å²) in [6, 6.07) is 7.64. The number of fused-ring (bicyclic) bond motifs is 1. The minimum absolute atomic E-state index is 0.0231. The number of halogens is 1. The van der Waals surface area contributed by atoms with E-state index in [-0.39, 0.29) is 6.04 Å². The summed E-state index contributed by atoms with van der Waals surface area (Å²) >= 11 is 7.85. The molecule has 0 aliphatic carbocycles. The van der Waals surface area contributed by atoms with Crippen LogP contribution in [-0.4, -0.2) is 11.5 Å². The van der Waals surface area contributed by atoms with E-state index >= 15 is 0 Å². The van der Waals surface area contributed by atoms with Crippen molar-refractivity contribution in [3.05, 3.63) is 35.0 Å². The number of hydrogen-bond donors (Lipinski definition) is 2. The summed E-state index contributed by atoms with van der Waals surface area (Å²) in [6.07, 6.45) is 0. The molecule has 1 aromatic heterocycles. The molecule has 0 spiro atoms. The molecule has 0 fully saturated rings. The van der Waals surface area contributed by atoms with E-state index in [9.17, 15) is 0 Å². The van der Waals surface area contributed by atoms with E-state index in [0.29, 0.717) is 10.9 Å². The quantitative estimate of drug-likeness (QED) is 0.625. The third kappa shape index (κ3) is 3.89. The van der Waals surface area contributed by atoms with E-state index in [1.807, 2.05) is 36.0 Å². The van der Waals surface area contributed by atoms with E-state index < -0.39 is 0 Å². The Morgan fingerprint density at radius 3 is 2.79 bits per heavy atom. The van der Waals surface area contributed by atoms with Crippen LogP contribution in [0.2, 0.25) is 5.02 Å². The SMILES string of the molecule is CC(C)CSCC(NN)c1cc2cc(Cl)ccc2o1. The summed E-state index contributed by atoms with van der Waals surface area (Å²) in [5.74, 6) is 9.17. The first kappa shape index (κ1) is 14.7. The van der Waals surface area contributed by atoms with Gasteiger partial charge < -0.3 is 4.42 Å². The number of furan rings is 1. The van der Waals surface area contributed by atoms with Gasteiger partial charge in [-0.1, -0.05) is 25.4 Å². The summed E-state index contributed by atoms with van der Waals surface area (Å²) in [6.45, 7) is 4.42. The van der Waals surface area contributed by atoms with E-state index in [2.05, 4.69) is 19.3 Å². The Hall–Kier alpha value is -0.680. The van der Waals surface area contributed by atoms with Crippen LogP contribution in [0.3, 0.4) is 0 Å². The van der Waals surface area contributed by atoms with Crippen molar-refractivity contribution >= 4 is 34.3 Å². The van der Waals surface area contributed by atoms with E-state index in [4.69, 9.17) is 21.9 Å². The van der Waals surface area contributed by atoms with Gasteiger partial charge >= 0.3 is 0 Å². The molecule has 0 amide bonds. The number of nitrogens with two attached hydrogens (primary N) is 1. The number of benzene rings is 1. The van der Waals surface area contributed by atoms with Gasteiger partial charge in [0.25, 0.3) is 0 Å². The molecule has 19 heavy (non-hydrogen) atoms. The molecule has 0 radical (unpaired) electrons. The van der Waals surface area contributed by atoms with Gasteiger partial charge in [-0.2, -0.15) is 11.8 Å². The smallest absolute Gasteiger partial charge is 0.134 e. The molecule has 1 atom stereocenters. The lowest BCUT2D eigenvalue weighted by Gasteiger charge is -2.13. The zero-order chi connectivity index (χ0) is 13.8. The second-order valence-corrected chi connectivity index (χ2v) is 6.49. The van der Waals surface area contributed by atoms with Crippen LogP contribution < -0.4 is 11.3 Å². The van der Waals surface area contributed by atoms with Gasteiger partial charge in [0, 0.05) is 16.2 Å². The Bertz CT molecular complexity index is 541. The standard InChI is InChI=1S/C14H19ClN2OS/c1-9(2)7-19-8-12(17-16)14-6-10-5-11(15)3-4-13(10)18-14/h3-6,9,12,17H,7-8,16H2,1-2H3. The van der Waals surface area contributed by atoms with Crippen LogP contribution in [0.1, 0.15) is 25.6 Å². The molecule has 2 aromatic rings. The fraction of sp³-hybridized carbons (Fsp3) is 0.429. The van der Waals surface area contributed by atoms with E-state index in [1.165, 1.54) is 0 Å². The van der Waals surface area contributed by atoms with E-state index in [1.54, 1.807) is 0 Å². The van der Waals surface area contributed by atoms with Gasteiger partial charge in [0.1, 0.15) is 11.3 Å². The summed E-state index contributed by atoms with van der Waals surface area (Å²) in [7, 11) is 0. The summed E-state index contributed by atoms with van der Waals surface area (Å²) in [5.41, 5.74) is 3.66. The Kier molecular flexibility index (Phi) is 5.16. The first-order valence-electron chi connectivity index (χ1n) is 6.33. The molecule has 1 heterocycles. The highest BCUT2D eigenvalue weighted by Crippen LogP contribution is 2.28. The highest BCUT2D eigenvalue weighted by atomic mass is 35.5. The molecule has 104 valence electrons. The van der Waals surface area contributed by atoms with Gasteiger partial charge in [0.15, 0.2) is 0 Å². The van der Waals surface area contributed by atoms with Crippen molar-refractivity contribution in [2.75, 3.05) is 11.5 Å². The lowest BCUT2D eigenvalue weighted by Crippen LogP contribution is -2.29. The summed E-state index contributed by atoms with van der Waals surface area (Å²) in [5, 5.41) is 1.72. The number of hydrazine groups is 1. The number of nitrogens with one attached hydrogen (secondary N) is 1. The Morgan fingerprint density at radius 2 is 2.11 bits per heavy atom. The Morgan fingerprint density at radius 1 is 1.32 bits per heavy atom. The summed E-state index contributed by atoms with van der Waals surface area (Å²) in [4.78, 5) is 0. The zero-order valence-corrected chi connectivity index (χ0v) is 12.7. The molecule has 0 aliphatic rings. The van der Waals surface area contributed by atoms with Gasteiger partial charge in [-0.25, -0.2) is 5.43 Å². The van der Waals surface area contributed by atoms with Gasteiger partial charge in [-0.05, 0) is 35.9 Å². The van der Waals surface area contributed by atoms with Gasteiger partial charge in [0.2, 0.25) is 0 Å². The summed E-state index contributed by atoms with van der Waals surface area (Å²) < 4.78 is 5.82. The molecule has 2 rings (SSSR count). The average molecular weight is 299 g/mol. The first-order chi connectivity index (χ1) is 9.10. The molecular formula is C14H19ClN2OS. The maximum atomic E-state index is 5.97. The minimum atomic E-state index is 0.0231. The van der Waals surface area contributed by atoms with Crippen molar-refractivity contribution in [1.29, 1.82) is 0 Å². The second-order valence-electron chi connectivity index (χ2n) is 4.98. The lowest BCUT2D eigenvalue weighted by atomic mass is 10.2. The number of hydrogen-bond acceptors (Lipinski definition) is 4. The van der Waals surface area contributed by atoms with E-state index in [0.717, 1.165) is 28.2 Å². The molecule has 0 saturated carbocycles. The topological polar surface area (TPSA) is 51.2 Å². The third-order valence-corrected chi connectivity index (χ3v) is 4.48. The van der Waals surface area contributed by atoms with Crippen LogP contribution in [-0.2, 0) is 0 Å². The molecule has 5 heteroatoms. The predicted molar refractivity (Wildman–Crippen MR) is 83.5 cm³/mol. The van der Waals surface area contributed by atoms with Crippen LogP contribution in [0.5, 0.6) is 0 Å². The number of thioether (sulfide) groups is 1. The van der Waals surface area contributed by atoms with Crippen LogP contribution in [0.4, 0.5) is 0 Å². The molecule has 1 aromatic carbocycles. The van der Waals surface area contributed by atoms with Gasteiger partial charge in [0.05, 0.1) is 6.04 Å². The lowest BCUT2D eigenvalue weighted by molar-refractivity contribution is 0.463. The first-order valence-corrected chi connectivity index (χ1v) is 7.86. The number of rotatable bonds is 6. The van der Waals surface area contributed by atoms with Crippen molar-refractivity contribution in [3.8, 4) is 0 Å². The van der Waals surface area contributed by atoms with Crippen LogP contribution in [0, 0.1) is 5.92 Å². The van der Waals surface area contributed by atoms with Gasteiger partial charge in [-0.15, -0.1) is 0 Å². The normalized spacial score (nSPS) is 13.3. The van der Waals surface area contributed by atoms with Gasteiger partial charge in [-0.3, -0.25) is 5.84 Å². The average Bonchev–Trinajstić information content (AvgIpc) is 2.76. The van der Waals surface area contributed by atoms with Crippen LogP contribution in [0.25, 0.3) is 11.0 Å². The molecule has 3 N–H and O–H groups in total. The molecular weight excluding hydrogens is 280 g/mol. The maximum absolute atomic E-state index is 5.97. The zero-order valence-electron chi connectivity index (χ0n) is 11.2. The minimum Gasteiger partial charge on any atom is -0.459 e. The highest BCUT2D eigenvalue weighted by molar-refractivity contribution is 7.99. The monoisotopic (exact) mass is 298 g/mol. The molecule has 0 aliphatic heterocycles. The maximum Gasteiger partial charge on any atom is 0.134 e. The van der Waals surface area contributed by atoms with Crippen molar-refractivity contribution in [2.24, 2.45) is 11.8 Å². The fourth-order valence-corrected chi connectivity index (χ4v) is 3.12. The Labute approximate surface area is 122 Å². The molecule has 0 bridgehead atoms.